The molecule has 1 aromatic carbocycles. The van der Waals surface area contributed by atoms with E-state index in [2.05, 4.69) is 9.80 Å². The van der Waals surface area contributed by atoms with E-state index in [0.717, 1.165) is 45.0 Å². The van der Waals surface area contributed by atoms with Crippen molar-refractivity contribution < 1.29 is 9.84 Å². The molecule has 2 heterocycles. The van der Waals surface area contributed by atoms with Crippen LogP contribution in [0.1, 0.15) is 18.9 Å². The summed E-state index contributed by atoms with van der Waals surface area (Å²) in [7, 11) is 0. The number of nitrogens with zero attached hydrogens (tertiary/aromatic N) is 2. The minimum absolute atomic E-state index is 0.625. The van der Waals surface area contributed by atoms with Gasteiger partial charge in [0, 0.05) is 32.2 Å². The Bertz CT molecular complexity index is 443. The molecule has 2 aliphatic heterocycles. The van der Waals surface area contributed by atoms with E-state index in [1.807, 2.05) is 37.3 Å². The van der Waals surface area contributed by atoms with Crippen LogP contribution in [0.3, 0.4) is 0 Å². The molecule has 1 aromatic rings. The second-order valence-corrected chi connectivity index (χ2v) is 6.47. The molecule has 3 rings (SSSR count). The van der Waals surface area contributed by atoms with Crippen molar-refractivity contribution in [2.45, 2.75) is 25.0 Å². The molecule has 4 heteroatoms. The third kappa shape index (κ3) is 3.64. The summed E-state index contributed by atoms with van der Waals surface area (Å²) in [5.41, 5.74) is 0.223. The lowest BCUT2D eigenvalue weighted by atomic mass is 9.95. The van der Waals surface area contributed by atoms with Crippen molar-refractivity contribution in [2.75, 3.05) is 45.9 Å². The van der Waals surface area contributed by atoms with Crippen LogP contribution in [0.4, 0.5) is 0 Å². The zero-order chi connectivity index (χ0) is 14.7. The predicted molar refractivity (Wildman–Crippen MR) is 83.2 cm³/mol. The quantitative estimate of drug-likeness (QED) is 0.907. The second-order valence-electron chi connectivity index (χ2n) is 6.47. The molecule has 0 aromatic heterocycles. The van der Waals surface area contributed by atoms with Crippen molar-refractivity contribution in [3.8, 4) is 0 Å². The minimum atomic E-state index is -0.777. The maximum Gasteiger partial charge on any atom is 0.0994 e. The van der Waals surface area contributed by atoms with Crippen molar-refractivity contribution in [2.24, 2.45) is 0 Å². The first-order valence-electron chi connectivity index (χ1n) is 7.97. The first kappa shape index (κ1) is 15.0. The van der Waals surface area contributed by atoms with Crippen LogP contribution in [0.15, 0.2) is 30.3 Å². The third-order valence-corrected chi connectivity index (χ3v) is 4.74. The van der Waals surface area contributed by atoms with Gasteiger partial charge in [-0.2, -0.15) is 0 Å². The normalized spacial score (nSPS) is 27.6. The van der Waals surface area contributed by atoms with Crippen molar-refractivity contribution in [1.29, 1.82) is 0 Å². The lowest BCUT2D eigenvalue weighted by molar-refractivity contribution is 0.00740. The van der Waals surface area contributed by atoms with Gasteiger partial charge in [-0.15, -0.1) is 0 Å². The summed E-state index contributed by atoms with van der Waals surface area (Å²) in [5.74, 6) is 0. The first-order chi connectivity index (χ1) is 10.1. The fourth-order valence-electron chi connectivity index (χ4n) is 3.52. The van der Waals surface area contributed by atoms with Crippen LogP contribution < -0.4 is 0 Å². The highest BCUT2D eigenvalue weighted by molar-refractivity contribution is 5.21. The van der Waals surface area contributed by atoms with Gasteiger partial charge in [-0.05, 0) is 25.5 Å². The van der Waals surface area contributed by atoms with E-state index in [-0.39, 0.29) is 0 Å². The standard InChI is InChI=1S/C17H26N2O2/c1-17(20,15-5-3-2-4-6-15)14-18-8-7-16(13-18)19-9-11-21-12-10-19/h2-6,16,20H,7-14H2,1H3. The van der Waals surface area contributed by atoms with Crippen molar-refractivity contribution in [1.82, 2.24) is 9.80 Å². The Morgan fingerprint density at radius 1 is 1.19 bits per heavy atom. The van der Waals surface area contributed by atoms with Gasteiger partial charge in [0.2, 0.25) is 0 Å². The zero-order valence-corrected chi connectivity index (χ0v) is 12.9. The van der Waals surface area contributed by atoms with Crippen LogP contribution in [0.2, 0.25) is 0 Å². The molecule has 2 saturated heterocycles. The Morgan fingerprint density at radius 3 is 2.62 bits per heavy atom. The van der Waals surface area contributed by atoms with Crippen LogP contribution in [0.25, 0.3) is 0 Å². The van der Waals surface area contributed by atoms with Gasteiger partial charge < -0.3 is 9.84 Å². The van der Waals surface area contributed by atoms with Gasteiger partial charge >= 0.3 is 0 Å². The number of benzene rings is 1. The molecule has 2 fully saturated rings. The van der Waals surface area contributed by atoms with Crippen LogP contribution >= 0.6 is 0 Å². The highest BCUT2D eigenvalue weighted by Crippen LogP contribution is 2.25. The number of rotatable bonds is 4. The van der Waals surface area contributed by atoms with Crippen molar-refractivity contribution >= 4 is 0 Å². The number of morpholine rings is 1. The predicted octanol–water partition coefficient (Wildman–Crippen LogP) is 1.30. The lowest BCUT2D eigenvalue weighted by Gasteiger charge is -2.33. The summed E-state index contributed by atoms with van der Waals surface area (Å²) in [6, 6.07) is 10.6. The molecular weight excluding hydrogens is 264 g/mol. The topological polar surface area (TPSA) is 35.9 Å². The third-order valence-electron chi connectivity index (χ3n) is 4.74. The number of β-amino-alcohol motifs (C(OH)–C–C–N with tert-alkyl or cyclic N) is 1. The summed E-state index contributed by atoms with van der Waals surface area (Å²) < 4.78 is 5.43. The van der Waals surface area contributed by atoms with Gasteiger partial charge in [-0.25, -0.2) is 0 Å². The summed E-state index contributed by atoms with van der Waals surface area (Å²) in [6.45, 7) is 8.58. The summed E-state index contributed by atoms with van der Waals surface area (Å²) in [6.07, 6.45) is 1.20. The average molecular weight is 290 g/mol. The fraction of sp³-hybridized carbons (Fsp3) is 0.647. The molecule has 0 radical (unpaired) electrons. The Labute approximate surface area is 127 Å². The van der Waals surface area contributed by atoms with Crippen LogP contribution in [0, 0.1) is 0 Å². The molecule has 4 nitrogen and oxygen atoms in total. The smallest absolute Gasteiger partial charge is 0.0994 e. The summed E-state index contributed by atoms with van der Waals surface area (Å²) in [5, 5.41) is 10.8. The second kappa shape index (κ2) is 6.44. The maximum atomic E-state index is 10.8. The SMILES string of the molecule is CC(O)(CN1CCC(N2CCOCC2)C1)c1ccccc1. The summed E-state index contributed by atoms with van der Waals surface area (Å²) in [4.78, 5) is 4.94. The zero-order valence-electron chi connectivity index (χ0n) is 12.9. The Balaban J connectivity index is 1.56. The lowest BCUT2D eigenvalue weighted by Crippen LogP contribution is -2.45. The van der Waals surface area contributed by atoms with Gasteiger partial charge in [-0.1, -0.05) is 30.3 Å². The van der Waals surface area contributed by atoms with E-state index in [4.69, 9.17) is 4.74 Å². The molecule has 2 aliphatic rings. The van der Waals surface area contributed by atoms with E-state index in [1.165, 1.54) is 6.42 Å². The molecule has 0 amide bonds. The molecule has 116 valence electrons. The molecule has 0 aliphatic carbocycles. The molecule has 0 saturated carbocycles. The van der Waals surface area contributed by atoms with Gasteiger partial charge in [0.25, 0.3) is 0 Å². The summed E-state index contributed by atoms with van der Waals surface area (Å²) >= 11 is 0. The molecule has 21 heavy (non-hydrogen) atoms. The minimum Gasteiger partial charge on any atom is -0.384 e. The fourth-order valence-corrected chi connectivity index (χ4v) is 3.52. The van der Waals surface area contributed by atoms with Gasteiger partial charge in [0.1, 0.15) is 0 Å². The number of hydrogen-bond acceptors (Lipinski definition) is 4. The van der Waals surface area contributed by atoms with Gasteiger partial charge in [0.05, 0.1) is 18.8 Å². The highest BCUT2D eigenvalue weighted by atomic mass is 16.5. The van der Waals surface area contributed by atoms with Gasteiger partial charge in [-0.3, -0.25) is 9.80 Å². The van der Waals surface area contributed by atoms with Crippen molar-refractivity contribution in [3.05, 3.63) is 35.9 Å². The number of hydrogen-bond donors (Lipinski definition) is 1. The molecule has 0 bridgehead atoms. The van der Waals surface area contributed by atoms with Crippen LogP contribution in [-0.4, -0.2) is 66.9 Å². The molecule has 0 spiro atoms. The van der Waals surface area contributed by atoms with Crippen LogP contribution in [-0.2, 0) is 10.3 Å². The Morgan fingerprint density at radius 2 is 1.90 bits per heavy atom. The molecule has 1 N–H and O–H groups in total. The maximum absolute atomic E-state index is 10.8. The molecule has 2 atom stereocenters. The first-order valence-corrected chi connectivity index (χ1v) is 7.97. The number of aliphatic hydroxyl groups is 1. The van der Waals surface area contributed by atoms with E-state index >= 15 is 0 Å². The van der Waals surface area contributed by atoms with E-state index in [9.17, 15) is 5.11 Å². The Hall–Kier alpha value is -0.940. The Kier molecular flexibility index (Phi) is 4.60. The average Bonchev–Trinajstić information content (AvgIpc) is 2.97. The monoisotopic (exact) mass is 290 g/mol. The van der Waals surface area contributed by atoms with E-state index in [1.54, 1.807) is 0 Å². The highest BCUT2D eigenvalue weighted by Gasteiger charge is 2.33. The molecule has 2 unspecified atom stereocenters. The van der Waals surface area contributed by atoms with E-state index in [0.29, 0.717) is 12.6 Å². The van der Waals surface area contributed by atoms with Crippen LogP contribution in [0.5, 0.6) is 0 Å². The van der Waals surface area contributed by atoms with E-state index < -0.39 is 5.60 Å². The van der Waals surface area contributed by atoms with Gasteiger partial charge in [0.15, 0.2) is 0 Å². The number of ether oxygens (including phenoxy) is 1. The van der Waals surface area contributed by atoms with Crippen molar-refractivity contribution in [3.63, 3.8) is 0 Å². The largest absolute Gasteiger partial charge is 0.384 e. The number of likely N-dealkylation sites (tertiary alicyclic amines) is 1. The molecular formula is C17H26N2O2.